The molecule has 1 aromatic rings. The van der Waals surface area contributed by atoms with Crippen molar-refractivity contribution >= 4 is 49.1 Å². The molecule has 266 valence electrons. The van der Waals surface area contributed by atoms with Gasteiger partial charge in [-0.1, -0.05) is 37.6 Å². The van der Waals surface area contributed by atoms with Gasteiger partial charge >= 0.3 is 12.1 Å². The summed E-state index contributed by atoms with van der Waals surface area (Å²) in [6.45, 7) is 14.4. The fourth-order valence-electron chi connectivity index (χ4n) is 4.68. The number of hydrogen-bond acceptors (Lipinski definition) is 8. The van der Waals surface area contributed by atoms with Gasteiger partial charge in [-0.05, 0) is 96.2 Å². The second kappa shape index (κ2) is 22.0. The quantitative estimate of drug-likeness (QED) is 0.0435. The maximum atomic E-state index is 13.7. The Morgan fingerprint density at radius 2 is 1.68 bits per heavy atom. The maximum Gasteiger partial charge on any atom is 0.407 e. The van der Waals surface area contributed by atoms with Gasteiger partial charge in [-0.3, -0.25) is 19.4 Å². The maximum absolute atomic E-state index is 13.7. The number of esters is 1. The molecule has 0 aliphatic rings. The standard InChI is InChI=1S/C34H57ClN5O6P/c1-23(2)19-25(32(43)45-21-24-13-15-26(35)16-14-24)20-29(41)28(12-10-18-38-30(37)22-47(6)7)40-31(42)27(36)11-8-9-17-39-33(44)46-34(3,4)5/h13-16,23,25,27-28H,8-12,17-22,36H2,1-7H3,(H2,37,38)(H,39,44)(H,40,42)/t25-,27-,28-/m1/s1. The van der Waals surface area contributed by atoms with Gasteiger partial charge < -0.3 is 31.6 Å². The molecule has 0 saturated heterocycles. The highest BCUT2D eigenvalue weighted by Gasteiger charge is 2.30. The van der Waals surface area contributed by atoms with E-state index in [2.05, 4.69) is 29.0 Å². The minimum Gasteiger partial charge on any atom is -0.461 e. The number of rotatable bonds is 21. The molecule has 13 heteroatoms. The molecular weight excluding hydrogens is 641 g/mol. The molecule has 0 aliphatic heterocycles. The van der Waals surface area contributed by atoms with Crippen LogP contribution in [0.1, 0.15) is 85.1 Å². The van der Waals surface area contributed by atoms with Crippen molar-refractivity contribution in [1.29, 1.82) is 0 Å². The van der Waals surface area contributed by atoms with Crippen LogP contribution in [0.4, 0.5) is 4.79 Å². The Bertz CT molecular complexity index is 1160. The smallest absolute Gasteiger partial charge is 0.407 e. The van der Waals surface area contributed by atoms with Gasteiger partial charge in [0.25, 0.3) is 0 Å². The fourth-order valence-corrected chi connectivity index (χ4v) is 5.55. The van der Waals surface area contributed by atoms with Crippen molar-refractivity contribution < 1.29 is 28.7 Å². The summed E-state index contributed by atoms with van der Waals surface area (Å²) in [5.41, 5.74) is 12.4. The molecule has 0 aromatic heterocycles. The predicted octanol–water partition coefficient (Wildman–Crippen LogP) is 5.39. The molecule has 0 spiro atoms. The molecule has 0 unspecified atom stereocenters. The molecule has 0 fully saturated rings. The van der Waals surface area contributed by atoms with E-state index < -0.39 is 41.6 Å². The molecule has 6 N–H and O–H groups in total. The van der Waals surface area contributed by atoms with Gasteiger partial charge in [-0.25, -0.2) is 4.79 Å². The lowest BCUT2D eigenvalue weighted by Crippen LogP contribution is -2.49. The molecule has 11 nitrogen and oxygen atoms in total. The summed E-state index contributed by atoms with van der Waals surface area (Å²) in [5, 5.41) is 6.11. The zero-order valence-corrected chi connectivity index (χ0v) is 30.9. The Morgan fingerprint density at radius 1 is 1.02 bits per heavy atom. The number of unbranched alkanes of at least 4 members (excludes halogenated alkanes) is 1. The van der Waals surface area contributed by atoms with E-state index in [4.69, 9.17) is 32.5 Å². The van der Waals surface area contributed by atoms with Crippen LogP contribution in [0.25, 0.3) is 0 Å². The zero-order chi connectivity index (χ0) is 35.6. The number of ketones is 1. The van der Waals surface area contributed by atoms with Crippen LogP contribution in [-0.2, 0) is 30.5 Å². The molecular formula is C34H57ClN5O6P. The van der Waals surface area contributed by atoms with Crippen molar-refractivity contribution in [2.24, 2.45) is 28.3 Å². The van der Waals surface area contributed by atoms with E-state index in [0.717, 1.165) is 11.7 Å². The molecule has 1 aromatic carbocycles. The molecule has 0 radical (unpaired) electrons. The molecule has 0 heterocycles. The Balaban J connectivity index is 2.86. The van der Waals surface area contributed by atoms with Gasteiger partial charge in [0.05, 0.1) is 23.8 Å². The average Bonchev–Trinajstić information content (AvgIpc) is 2.95. The van der Waals surface area contributed by atoms with Gasteiger partial charge in [-0.2, -0.15) is 0 Å². The van der Waals surface area contributed by atoms with Crippen LogP contribution in [0, 0.1) is 11.8 Å². The van der Waals surface area contributed by atoms with Crippen LogP contribution in [0.3, 0.4) is 0 Å². The summed E-state index contributed by atoms with van der Waals surface area (Å²) in [7, 11) is -0.221. The highest BCUT2D eigenvalue weighted by atomic mass is 35.5. The topological polar surface area (TPSA) is 175 Å². The SMILES string of the molecule is CC(C)C[C@H](CC(=O)[C@@H](CCCN=C(N)CP(C)C)NC(=O)[C@H](N)CCCCNC(=O)OC(C)(C)C)C(=O)OCc1ccc(Cl)cc1. The third-order valence-electron chi connectivity index (χ3n) is 6.93. The minimum absolute atomic E-state index is 0.0677. The minimum atomic E-state index is -0.843. The first-order valence-electron chi connectivity index (χ1n) is 16.4. The Kier molecular flexibility index (Phi) is 19.8. The number of amidine groups is 1. The van der Waals surface area contributed by atoms with Gasteiger partial charge in [0.15, 0.2) is 5.78 Å². The van der Waals surface area contributed by atoms with E-state index >= 15 is 0 Å². The number of nitrogens with one attached hydrogen (secondary N) is 2. The van der Waals surface area contributed by atoms with Gasteiger partial charge in [0.2, 0.25) is 5.91 Å². The van der Waals surface area contributed by atoms with E-state index in [-0.39, 0.29) is 32.7 Å². The normalized spacial score (nSPS) is 14.0. The molecule has 3 atom stereocenters. The van der Waals surface area contributed by atoms with Crippen molar-refractivity contribution in [3.63, 3.8) is 0 Å². The fraction of sp³-hybridized carbons (Fsp3) is 0.676. The second-order valence-electron chi connectivity index (χ2n) is 13.6. The number of ether oxygens (including phenoxy) is 2. The number of aliphatic imine (C=N–C) groups is 1. The lowest BCUT2D eigenvalue weighted by molar-refractivity contribution is -0.152. The highest BCUT2D eigenvalue weighted by Crippen LogP contribution is 2.23. The second-order valence-corrected chi connectivity index (χ2v) is 16.5. The molecule has 47 heavy (non-hydrogen) atoms. The van der Waals surface area contributed by atoms with E-state index in [0.29, 0.717) is 62.5 Å². The summed E-state index contributed by atoms with van der Waals surface area (Å²) in [6, 6.07) is 5.32. The number of benzene rings is 1. The number of nitrogens with two attached hydrogens (primary N) is 2. The Hall–Kier alpha value is -2.75. The van der Waals surface area contributed by atoms with Gasteiger partial charge in [-0.15, -0.1) is 7.92 Å². The summed E-state index contributed by atoms with van der Waals surface area (Å²) in [4.78, 5) is 56.2. The van der Waals surface area contributed by atoms with E-state index in [9.17, 15) is 19.2 Å². The predicted molar refractivity (Wildman–Crippen MR) is 191 cm³/mol. The van der Waals surface area contributed by atoms with Crippen molar-refractivity contribution in [2.45, 2.75) is 104 Å². The van der Waals surface area contributed by atoms with Crippen LogP contribution >= 0.6 is 19.5 Å². The largest absolute Gasteiger partial charge is 0.461 e. The van der Waals surface area contributed by atoms with Gasteiger partial charge in [0.1, 0.15) is 12.2 Å². The summed E-state index contributed by atoms with van der Waals surface area (Å²) >= 11 is 5.96. The number of carbonyl (C=O) groups is 4. The number of halogens is 1. The third-order valence-corrected chi connectivity index (χ3v) is 8.14. The first-order chi connectivity index (χ1) is 22.0. The van der Waals surface area contributed by atoms with Crippen LogP contribution in [0.2, 0.25) is 5.02 Å². The summed E-state index contributed by atoms with van der Waals surface area (Å²) in [6.07, 6.45) is 3.04. The lowest BCUT2D eigenvalue weighted by Gasteiger charge is -2.23. The number of amides is 2. The zero-order valence-electron chi connectivity index (χ0n) is 29.3. The van der Waals surface area contributed by atoms with E-state index in [1.807, 2.05) is 13.8 Å². The monoisotopic (exact) mass is 697 g/mol. The third kappa shape index (κ3) is 20.3. The first-order valence-corrected chi connectivity index (χ1v) is 19.2. The Morgan fingerprint density at radius 3 is 2.28 bits per heavy atom. The number of alkyl carbamates (subject to hydrolysis) is 1. The summed E-state index contributed by atoms with van der Waals surface area (Å²) in [5.74, 6) is -1.11. The first kappa shape index (κ1) is 42.3. The van der Waals surface area contributed by atoms with Crippen LogP contribution < -0.4 is 22.1 Å². The van der Waals surface area contributed by atoms with Crippen molar-refractivity contribution in [1.82, 2.24) is 10.6 Å². The van der Waals surface area contributed by atoms with Crippen LogP contribution in [0.5, 0.6) is 0 Å². The molecule has 1 rings (SSSR count). The average molecular weight is 698 g/mol. The number of nitrogens with zero attached hydrogens (tertiary/aromatic N) is 1. The van der Waals surface area contributed by atoms with E-state index in [1.54, 1.807) is 45.0 Å². The van der Waals surface area contributed by atoms with Gasteiger partial charge in [0, 0.05) is 30.7 Å². The number of carbonyl (C=O) groups excluding carboxylic acids is 4. The lowest BCUT2D eigenvalue weighted by atomic mass is 9.89. The highest BCUT2D eigenvalue weighted by molar-refractivity contribution is 7.57. The molecule has 2 amide bonds. The number of hydrogen-bond donors (Lipinski definition) is 4. The van der Waals surface area contributed by atoms with Crippen molar-refractivity contribution in [2.75, 3.05) is 32.6 Å². The van der Waals surface area contributed by atoms with Crippen LogP contribution in [0.15, 0.2) is 29.3 Å². The molecule has 0 aliphatic carbocycles. The Labute approximate surface area is 287 Å². The molecule has 0 bridgehead atoms. The van der Waals surface area contributed by atoms with Crippen molar-refractivity contribution in [3.8, 4) is 0 Å². The number of Topliss-reactive ketones (excluding diaryl/α,β-unsaturated/α-hetero) is 1. The van der Waals surface area contributed by atoms with Crippen LogP contribution in [-0.4, -0.2) is 79.9 Å². The molecule has 0 saturated carbocycles. The van der Waals surface area contributed by atoms with Crippen molar-refractivity contribution in [3.05, 3.63) is 34.9 Å². The van der Waals surface area contributed by atoms with E-state index in [1.165, 1.54) is 0 Å². The summed E-state index contributed by atoms with van der Waals surface area (Å²) < 4.78 is 10.8.